The normalized spacial score (nSPS) is 9.95. The molecule has 0 fully saturated rings. The van der Waals surface area contributed by atoms with Gasteiger partial charge in [-0.3, -0.25) is 15.0 Å². The molecule has 98 valence electrons. The Morgan fingerprint density at radius 2 is 1.89 bits per heavy atom. The van der Waals surface area contributed by atoms with E-state index in [9.17, 15) is 9.59 Å². The van der Waals surface area contributed by atoms with Gasteiger partial charge in [-0.05, 0) is 18.2 Å². The molecule has 9 heteroatoms. The van der Waals surface area contributed by atoms with E-state index in [-0.39, 0.29) is 5.02 Å². The van der Waals surface area contributed by atoms with Crippen molar-refractivity contribution < 1.29 is 9.59 Å². The molecule has 1 heterocycles. The molecule has 8 nitrogen and oxygen atoms in total. The summed E-state index contributed by atoms with van der Waals surface area (Å²) in [5.41, 5.74) is 8.51. The van der Waals surface area contributed by atoms with Crippen LogP contribution in [0.3, 0.4) is 0 Å². The highest BCUT2D eigenvalue weighted by Crippen LogP contribution is 2.23. The smallest absolute Gasteiger partial charge is 0.328 e. The van der Waals surface area contributed by atoms with Crippen LogP contribution < -0.4 is 16.5 Å². The van der Waals surface area contributed by atoms with E-state index in [0.717, 1.165) is 4.68 Å². The fourth-order valence-corrected chi connectivity index (χ4v) is 1.47. The number of nitrogens with two attached hydrogens (primary N) is 1. The monoisotopic (exact) mass is 280 g/mol. The van der Waals surface area contributed by atoms with Crippen LogP contribution in [0.4, 0.5) is 11.4 Å². The second-order valence-electron chi connectivity index (χ2n) is 3.50. The van der Waals surface area contributed by atoms with Gasteiger partial charge in [0.25, 0.3) is 0 Å². The zero-order valence-electron chi connectivity index (χ0n) is 9.50. The van der Waals surface area contributed by atoms with Gasteiger partial charge in [0.1, 0.15) is 12.7 Å². The number of hydrogen-bond acceptors (Lipinski definition) is 5. The van der Waals surface area contributed by atoms with Crippen LogP contribution in [0.1, 0.15) is 0 Å². The lowest BCUT2D eigenvalue weighted by molar-refractivity contribution is -0.133. The number of carbonyl (C=O) groups is 2. The molecule has 2 amide bonds. The number of rotatable bonds is 2. The van der Waals surface area contributed by atoms with E-state index < -0.39 is 11.8 Å². The van der Waals surface area contributed by atoms with E-state index in [4.69, 9.17) is 17.3 Å². The van der Waals surface area contributed by atoms with E-state index in [1.165, 1.54) is 24.8 Å². The number of aromatic nitrogens is 3. The number of benzene rings is 1. The molecule has 4 N–H and O–H groups in total. The maximum Gasteiger partial charge on any atom is 0.328 e. The Balaban J connectivity index is 2.02. The number of carbonyl (C=O) groups excluding carboxylic acids is 2. The van der Waals surface area contributed by atoms with Gasteiger partial charge in [-0.25, -0.2) is 4.68 Å². The summed E-state index contributed by atoms with van der Waals surface area (Å²) in [6.45, 7) is 0. The Morgan fingerprint density at radius 1 is 1.21 bits per heavy atom. The predicted octanol–water partition coefficient (Wildman–Crippen LogP) is 0.223. The molecule has 2 rings (SSSR count). The molecule has 0 aliphatic rings. The third kappa shape index (κ3) is 3.19. The molecule has 19 heavy (non-hydrogen) atoms. The molecule has 0 aliphatic carbocycles. The third-order valence-electron chi connectivity index (χ3n) is 2.10. The van der Waals surface area contributed by atoms with E-state index in [2.05, 4.69) is 20.9 Å². The summed E-state index contributed by atoms with van der Waals surface area (Å²) in [7, 11) is 0. The Morgan fingerprint density at radius 3 is 2.53 bits per heavy atom. The number of hydrogen-bond donors (Lipinski definition) is 3. The van der Waals surface area contributed by atoms with Crippen molar-refractivity contribution in [2.24, 2.45) is 0 Å². The van der Waals surface area contributed by atoms with Crippen molar-refractivity contribution in [2.45, 2.75) is 0 Å². The van der Waals surface area contributed by atoms with Crippen LogP contribution in [0.15, 0.2) is 30.9 Å². The number of halogens is 1. The van der Waals surface area contributed by atoms with Gasteiger partial charge in [-0.2, -0.15) is 0 Å². The Hall–Kier alpha value is -2.61. The zero-order chi connectivity index (χ0) is 13.8. The maximum atomic E-state index is 11.6. The molecule has 0 bridgehead atoms. The van der Waals surface area contributed by atoms with Crippen LogP contribution in [0.5, 0.6) is 0 Å². The van der Waals surface area contributed by atoms with Crippen LogP contribution in [0.25, 0.3) is 0 Å². The average Bonchev–Trinajstić information content (AvgIpc) is 2.85. The standard InChI is InChI=1S/C10H9ClN6O2/c11-7-3-6(12)1-2-8(7)15-9(18)10(19)16-17-4-13-14-5-17/h1-5H,12H2,(H,15,18)(H,16,19). The van der Waals surface area contributed by atoms with E-state index in [1.54, 1.807) is 6.07 Å². The highest BCUT2D eigenvalue weighted by Gasteiger charge is 2.15. The fourth-order valence-electron chi connectivity index (χ4n) is 1.24. The molecular weight excluding hydrogens is 272 g/mol. The summed E-state index contributed by atoms with van der Waals surface area (Å²) in [5, 5.41) is 9.55. The first-order valence-corrected chi connectivity index (χ1v) is 5.46. The molecule has 1 aromatic heterocycles. The molecule has 2 aromatic rings. The Kier molecular flexibility index (Phi) is 3.62. The number of nitrogen functional groups attached to an aromatic ring is 1. The minimum absolute atomic E-state index is 0.241. The summed E-state index contributed by atoms with van der Waals surface area (Å²) in [4.78, 5) is 23.1. The first kappa shape index (κ1) is 12.8. The molecule has 0 saturated heterocycles. The maximum absolute atomic E-state index is 11.6. The second kappa shape index (κ2) is 5.36. The van der Waals surface area contributed by atoms with Crippen molar-refractivity contribution >= 4 is 34.8 Å². The summed E-state index contributed by atoms with van der Waals surface area (Å²) in [5.74, 6) is -1.76. The molecule has 1 aromatic carbocycles. The van der Waals surface area contributed by atoms with Crippen LogP contribution in [-0.4, -0.2) is 26.7 Å². The summed E-state index contributed by atoms with van der Waals surface area (Å²) < 4.78 is 1.15. The molecule has 0 saturated carbocycles. The van der Waals surface area contributed by atoms with Crippen molar-refractivity contribution in [3.8, 4) is 0 Å². The average molecular weight is 281 g/mol. The van der Waals surface area contributed by atoms with Crippen LogP contribution in [-0.2, 0) is 9.59 Å². The molecule has 0 radical (unpaired) electrons. The first-order valence-electron chi connectivity index (χ1n) is 5.08. The van der Waals surface area contributed by atoms with Gasteiger partial charge in [0.2, 0.25) is 0 Å². The van der Waals surface area contributed by atoms with Crippen LogP contribution in [0, 0.1) is 0 Å². The lowest BCUT2D eigenvalue weighted by Gasteiger charge is -2.08. The minimum atomic E-state index is -0.882. The zero-order valence-corrected chi connectivity index (χ0v) is 10.3. The van der Waals surface area contributed by atoms with Gasteiger partial charge in [-0.15, -0.1) is 10.2 Å². The number of nitrogens with zero attached hydrogens (tertiary/aromatic N) is 3. The number of nitrogens with one attached hydrogen (secondary N) is 2. The SMILES string of the molecule is Nc1ccc(NC(=O)C(=O)Nn2cnnc2)c(Cl)c1. The van der Waals surface area contributed by atoms with Crippen molar-refractivity contribution in [3.63, 3.8) is 0 Å². The summed E-state index contributed by atoms with van der Waals surface area (Å²) >= 11 is 5.87. The van der Waals surface area contributed by atoms with E-state index in [1.807, 2.05) is 0 Å². The minimum Gasteiger partial charge on any atom is -0.399 e. The van der Waals surface area contributed by atoms with Crippen molar-refractivity contribution in [1.82, 2.24) is 14.9 Å². The number of amides is 2. The number of anilines is 2. The highest BCUT2D eigenvalue weighted by atomic mass is 35.5. The summed E-state index contributed by atoms with van der Waals surface area (Å²) in [6.07, 6.45) is 2.47. The third-order valence-corrected chi connectivity index (χ3v) is 2.41. The van der Waals surface area contributed by atoms with Crippen LogP contribution >= 0.6 is 11.6 Å². The van der Waals surface area contributed by atoms with E-state index in [0.29, 0.717) is 11.4 Å². The van der Waals surface area contributed by atoms with Crippen molar-refractivity contribution in [1.29, 1.82) is 0 Å². The molecule has 0 unspecified atom stereocenters. The lowest BCUT2D eigenvalue weighted by Crippen LogP contribution is -2.33. The molecule has 0 spiro atoms. The molecular formula is C10H9ClN6O2. The topological polar surface area (TPSA) is 115 Å². The van der Waals surface area contributed by atoms with E-state index >= 15 is 0 Å². The van der Waals surface area contributed by atoms with Gasteiger partial charge >= 0.3 is 11.8 Å². The Labute approximate surface area is 112 Å². The highest BCUT2D eigenvalue weighted by molar-refractivity contribution is 6.43. The van der Waals surface area contributed by atoms with Gasteiger partial charge in [0.15, 0.2) is 0 Å². The summed E-state index contributed by atoms with van der Waals surface area (Å²) in [6, 6.07) is 4.52. The second-order valence-corrected chi connectivity index (χ2v) is 3.91. The van der Waals surface area contributed by atoms with Crippen molar-refractivity contribution in [2.75, 3.05) is 16.5 Å². The van der Waals surface area contributed by atoms with Gasteiger partial charge < -0.3 is 11.1 Å². The Bertz CT molecular complexity index is 612. The van der Waals surface area contributed by atoms with Gasteiger partial charge in [-0.1, -0.05) is 11.6 Å². The van der Waals surface area contributed by atoms with Crippen LogP contribution in [0.2, 0.25) is 5.02 Å². The van der Waals surface area contributed by atoms with Crippen molar-refractivity contribution in [3.05, 3.63) is 35.9 Å². The van der Waals surface area contributed by atoms with Gasteiger partial charge in [0, 0.05) is 5.69 Å². The molecule has 0 atom stereocenters. The largest absolute Gasteiger partial charge is 0.399 e. The lowest BCUT2D eigenvalue weighted by atomic mass is 10.3. The molecule has 0 aliphatic heterocycles. The fraction of sp³-hybridized carbons (Fsp3) is 0. The quantitative estimate of drug-likeness (QED) is 0.538. The predicted molar refractivity (Wildman–Crippen MR) is 68.9 cm³/mol. The van der Waals surface area contributed by atoms with Gasteiger partial charge in [0.05, 0.1) is 10.7 Å². The first-order chi connectivity index (χ1) is 9.06.